The molecule has 0 saturated carbocycles. The number of alkyl carbamates (subject to hydrolysis) is 1. The van der Waals surface area contributed by atoms with E-state index < -0.39 is 8.07 Å². The van der Waals surface area contributed by atoms with Gasteiger partial charge in [0.25, 0.3) is 0 Å². The maximum absolute atomic E-state index is 11.2. The van der Waals surface area contributed by atoms with Gasteiger partial charge in [-0.1, -0.05) is 45.8 Å². The number of ether oxygens (including phenoxy) is 1. The standard InChI is InChI=1S/C12H27NO2Si/c1-5-6-7-8-9-13-12(14)15-10-11-16(2,3)4/h5-11H2,1-4H3,(H,13,14). The minimum absolute atomic E-state index is 0.255. The molecular formula is C12H27NO2Si. The number of hydrogen-bond donors (Lipinski definition) is 1. The molecule has 0 spiro atoms. The molecule has 0 radical (unpaired) electrons. The van der Waals surface area contributed by atoms with E-state index >= 15 is 0 Å². The summed E-state index contributed by atoms with van der Waals surface area (Å²) in [6.07, 6.45) is 4.45. The lowest BCUT2D eigenvalue weighted by Gasteiger charge is -2.15. The monoisotopic (exact) mass is 245 g/mol. The summed E-state index contributed by atoms with van der Waals surface area (Å²) in [6.45, 7) is 10.3. The first kappa shape index (κ1) is 15.5. The van der Waals surface area contributed by atoms with Crippen LogP contribution in [0.25, 0.3) is 0 Å². The molecule has 0 heterocycles. The van der Waals surface area contributed by atoms with Gasteiger partial charge in [0.05, 0.1) is 6.61 Å². The highest BCUT2D eigenvalue weighted by Crippen LogP contribution is 2.07. The van der Waals surface area contributed by atoms with Gasteiger partial charge >= 0.3 is 6.09 Å². The van der Waals surface area contributed by atoms with Gasteiger partial charge in [-0.05, 0) is 12.5 Å². The van der Waals surface area contributed by atoms with Crippen molar-refractivity contribution in [2.24, 2.45) is 0 Å². The Morgan fingerprint density at radius 1 is 1.19 bits per heavy atom. The molecule has 0 atom stereocenters. The summed E-state index contributed by atoms with van der Waals surface area (Å²) >= 11 is 0. The first-order valence-electron chi connectivity index (χ1n) is 6.36. The Kier molecular flexibility index (Phi) is 8.34. The fourth-order valence-electron chi connectivity index (χ4n) is 1.24. The Morgan fingerprint density at radius 3 is 2.44 bits per heavy atom. The van der Waals surface area contributed by atoms with Gasteiger partial charge in [0.15, 0.2) is 0 Å². The Balaban J connectivity index is 3.32. The summed E-state index contributed by atoms with van der Waals surface area (Å²) in [6, 6.07) is 1.04. The smallest absolute Gasteiger partial charge is 0.407 e. The summed E-state index contributed by atoms with van der Waals surface area (Å²) in [7, 11) is -1.08. The van der Waals surface area contributed by atoms with Gasteiger partial charge in [0.1, 0.15) is 0 Å². The van der Waals surface area contributed by atoms with Crippen molar-refractivity contribution in [1.82, 2.24) is 5.32 Å². The van der Waals surface area contributed by atoms with Crippen LogP contribution >= 0.6 is 0 Å². The summed E-state index contributed by atoms with van der Waals surface area (Å²) in [4.78, 5) is 11.2. The van der Waals surface area contributed by atoms with E-state index in [0.717, 1.165) is 19.0 Å². The Labute approximate surface area is 101 Å². The van der Waals surface area contributed by atoms with Crippen molar-refractivity contribution in [2.75, 3.05) is 13.2 Å². The van der Waals surface area contributed by atoms with Crippen LogP contribution < -0.4 is 5.32 Å². The van der Waals surface area contributed by atoms with Crippen molar-refractivity contribution < 1.29 is 9.53 Å². The van der Waals surface area contributed by atoms with Crippen molar-refractivity contribution >= 4 is 14.2 Å². The molecule has 16 heavy (non-hydrogen) atoms. The normalized spacial score (nSPS) is 11.2. The first-order chi connectivity index (χ1) is 7.45. The largest absolute Gasteiger partial charge is 0.450 e. The molecule has 0 aromatic rings. The zero-order valence-electron chi connectivity index (χ0n) is 11.3. The third-order valence-corrected chi connectivity index (χ3v) is 4.09. The van der Waals surface area contributed by atoms with Crippen LogP contribution in [-0.2, 0) is 4.74 Å². The van der Waals surface area contributed by atoms with Gasteiger partial charge in [0, 0.05) is 14.6 Å². The Morgan fingerprint density at radius 2 is 1.88 bits per heavy atom. The summed E-state index contributed by atoms with van der Waals surface area (Å²) < 4.78 is 5.11. The Hall–Kier alpha value is -0.513. The highest BCUT2D eigenvalue weighted by Gasteiger charge is 2.13. The van der Waals surface area contributed by atoms with Crippen LogP contribution in [-0.4, -0.2) is 27.3 Å². The van der Waals surface area contributed by atoms with E-state index in [1.54, 1.807) is 0 Å². The van der Waals surface area contributed by atoms with Crippen molar-refractivity contribution in [1.29, 1.82) is 0 Å². The minimum atomic E-state index is -1.08. The predicted molar refractivity (Wildman–Crippen MR) is 71.6 cm³/mol. The Bertz CT molecular complexity index is 190. The van der Waals surface area contributed by atoms with E-state index in [1.165, 1.54) is 19.3 Å². The number of nitrogens with one attached hydrogen (secondary N) is 1. The lowest BCUT2D eigenvalue weighted by Crippen LogP contribution is -2.28. The van der Waals surface area contributed by atoms with Gasteiger partial charge in [-0.15, -0.1) is 0 Å². The molecule has 0 fully saturated rings. The molecule has 96 valence electrons. The molecule has 4 heteroatoms. The number of amides is 1. The van der Waals surface area contributed by atoms with Crippen LogP contribution in [0.2, 0.25) is 25.7 Å². The van der Waals surface area contributed by atoms with E-state index in [4.69, 9.17) is 4.74 Å². The molecule has 0 unspecified atom stereocenters. The first-order valence-corrected chi connectivity index (χ1v) is 10.1. The maximum Gasteiger partial charge on any atom is 0.407 e. The van der Waals surface area contributed by atoms with Crippen molar-refractivity contribution in [2.45, 2.75) is 58.3 Å². The highest BCUT2D eigenvalue weighted by molar-refractivity contribution is 6.76. The third kappa shape index (κ3) is 11.6. The van der Waals surface area contributed by atoms with Crippen LogP contribution in [0, 0.1) is 0 Å². The quantitative estimate of drug-likeness (QED) is 0.524. The second-order valence-electron chi connectivity index (χ2n) is 5.43. The van der Waals surface area contributed by atoms with Gasteiger partial charge in [-0.3, -0.25) is 0 Å². The van der Waals surface area contributed by atoms with Crippen LogP contribution in [0.1, 0.15) is 32.6 Å². The number of unbranched alkanes of at least 4 members (excludes halogenated alkanes) is 3. The number of carbonyl (C=O) groups is 1. The molecule has 1 N–H and O–H groups in total. The molecule has 0 bridgehead atoms. The minimum Gasteiger partial charge on any atom is -0.450 e. The second-order valence-corrected chi connectivity index (χ2v) is 11.1. The fraction of sp³-hybridized carbons (Fsp3) is 0.917. The van der Waals surface area contributed by atoms with Crippen molar-refractivity contribution in [3.8, 4) is 0 Å². The molecule has 1 amide bonds. The lowest BCUT2D eigenvalue weighted by molar-refractivity contribution is 0.151. The van der Waals surface area contributed by atoms with Gasteiger partial charge in [-0.2, -0.15) is 0 Å². The highest BCUT2D eigenvalue weighted by atomic mass is 28.3. The van der Waals surface area contributed by atoms with Crippen LogP contribution in [0.4, 0.5) is 4.79 Å². The van der Waals surface area contributed by atoms with E-state index in [0.29, 0.717) is 6.61 Å². The van der Waals surface area contributed by atoms with Gasteiger partial charge in [0.2, 0.25) is 0 Å². The van der Waals surface area contributed by atoms with Crippen molar-refractivity contribution in [3.05, 3.63) is 0 Å². The number of carbonyl (C=O) groups excluding carboxylic acids is 1. The number of rotatable bonds is 8. The lowest BCUT2D eigenvalue weighted by atomic mass is 10.2. The molecule has 0 rings (SSSR count). The van der Waals surface area contributed by atoms with Crippen LogP contribution in [0.3, 0.4) is 0 Å². The molecule has 0 aromatic carbocycles. The zero-order chi connectivity index (χ0) is 12.4. The summed E-state index contributed by atoms with van der Waals surface area (Å²) in [5, 5.41) is 2.78. The molecule has 0 aliphatic carbocycles. The van der Waals surface area contributed by atoms with E-state index in [2.05, 4.69) is 31.9 Å². The van der Waals surface area contributed by atoms with E-state index in [9.17, 15) is 4.79 Å². The molecule has 0 saturated heterocycles. The summed E-state index contributed by atoms with van der Waals surface area (Å²) in [5.41, 5.74) is 0. The van der Waals surface area contributed by atoms with Gasteiger partial charge in [-0.25, -0.2) is 4.79 Å². The molecule has 0 aromatic heterocycles. The average Bonchev–Trinajstić information content (AvgIpc) is 2.15. The molecule has 0 aliphatic rings. The van der Waals surface area contributed by atoms with Crippen LogP contribution in [0.5, 0.6) is 0 Å². The van der Waals surface area contributed by atoms with E-state index in [-0.39, 0.29) is 6.09 Å². The zero-order valence-corrected chi connectivity index (χ0v) is 12.3. The fourth-order valence-corrected chi connectivity index (χ4v) is 1.96. The van der Waals surface area contributed by atoms with E-state index in [1.807, 2.05) is 0 Å². The van der Waals surface area contributed by atoms with Crippen molar-refractivity contribution in [3.63, 3.8) is 0 Å². The average molecular weight is 245 g/mol. The maximum atomic E-state index is 11.2. The topological polar surface area (TPSA) is 38.3 Å². The molecule has 3 nitrogen and oxygen atoms in total. The third-order valence-electron chi connectivity index (χ3n) is 2.38. The molecular weight excluding hydrogens is 218 g/mol. The predicted octanol–water partition coefficient (Wildman–Crippen LogP) is 3.63. The SMILES string of the molecule is CCCCCCNC(=O)OCC[Si](C)(C)C. The molecule has 0 aliphatic heterocycles. The number of hydrogen-bond acceptors (Lipinski definition) is 2. The van der Waals surface area contributed by atoms with Crippen LogP contribution in [0.15, 0.2) is 0 Å². The summed E-state index contributed by atoms with van der Waals surface area (Å²) in [5.74, 6) is 0. The van der Waals surface area contributed by atoms with Gasteiger partial charge < -0.3 is 10.1 Å². The second kappa shape index (κ2) is 8.62.